The molecule has 0 atom stereocenters. The van der Waals surface area contributed by atoms with Crippen molar-refractivity contribution in [2.45, 2.75) is 90.3 Å². The Labute approximate surface area is 286 Å². The highest BCUT2D eigenvalue weighted by Crippen LogP contribution is 2.31. The van der Waals surface area contributed by atoms with E-state index in [0.717, 1.165) is 65.6 Å². The van der Waals surface area contributed by atoms with Crippen molar-refractivity contribution in [3.63, 3.8) is 0 Å². The summed E-state index contributed by atoms with van der Waals surface area (Å²) in [6.07, 6.45) is 3.85. The molecule has 3 aromatic carbocycles. The third kappa shape index (κ3) is 10.3. The van der Waals surface area contributed by atoms with E-state index in [4.69, 9.17) is 4.74 Å². The lowest BCUT2D eigenvalue weighted by atomic mass is 9.94. The van der Waals surface area contributed by atoms with Gasteiger partial charge in [-0.1, -0.05) is 61.7 Å². The van der Waals surface area contributed by atoms with E-state index in [-0.39, 0.29) is 30.9 Å². The molecule has 0 saturated heterocycles. The van der Waals surface area contributed by atoms with Crippen LogP contribution in [0.1, 0.15) is 75.1 Å². The van der Waals surface area contributed by atoms with Gasteiger partial charge in [-0.15, -0.1) is 0 Å². The maximum atomic E-state index is 13.5. The number of nitrogens with zero attached hydrogens (tertiary/aromatic N) is 3. The van der Waals surface area contributed by atoms with Gasteiger partial charge in [0, 0.05) is 43.8 Å². The molecule has 7 nitrogen and oxygen atoms in total. The minimum Gasteiger partial charge on any atom is -0.444 e. The van der Waals surface area contributed by atoms with Gasteiger partial charge in [0.25, 0.3) is 0 Å². The van der Waals surface area contributed by atoms with E-state index < -0.39 is 23.4 Å². The van der Waals surface area contributed by atoms with Crippen LogP contribution in [-0.4, -0.2) is 38.6 Å². The molecule has 1 aliphatic carbocycles. The van der Waals surface area contributed by atoms with Gasteiger partial charge >= 0.3 is 18.3 Å². The van der Waals surface area contributed by atoms with Crippen molar-refractivity contribution >= 4 is 17.8 Å². The number of urea groups is 1. The van der Waals surface area contributed by atoms with Crippen LogP contribution in [0.5, 0.6) is 0 Å². The van der Waals surface area contributed by atoms with E-state index in [9.17, 15) is 22.8 Å². The maximum absolute atomic E-state index is 13.5. The number of rotatable bonds is 9. The monoisotopic (exact) mass is 672 g/mol. The fourth-order valence-electron chi connectivity index (χ4n) is 6.03. The van der Waals surface area contributed by atoms with Gasteiger partial charge in [0.2, 0.25) is 0 Å². The molecule has 5 rings (SSSR count). The number of nitrogens with one attached hydrogen (secondary N) is 1. The summed E-state index contributed by atoms with van der Waals surface area (Å²) in [7, 11) is 0. The van der Waals surface area contributed by atoms with Gasteiger partial charge in [-0.05, 0) is 104 Å². The Balaban J connectivity index is 1.35. The first-order valence-electron chi connectivity index (χ1n) is 16.6. The highest BCUT2D eigenvalue weighted by atomic mass is 19.4. The van der Waals surface area contributed by atoms with Crippen molar-refractivity contribution in [3.8, 4) is 11.1 Å². The Morgan fingerprint density at radius 3 is 1.96 bits per heavy atom. The smallest absolute Gasteiger partial charge is 0.416 e. The molecule has 10 heteroatoms. The number of alkyl halides is 3. The van der Waals surface area contributed by atoms with E-state index in [2.05, 4.69) is 16.4 Å². The van der Waals surface area contributed by atoms with Crippen molar-refractivity contribution in [2.24, 2.45) is 0 Å². The zero-order valence-corrected chi connectivity index (χ0v) is 28.2. The normalized spacial score (nSPS) is 13.8. The Morgan fingerprint density at radius 1 is 0.796 bits per heavy atom. The predicted octanol–water partition coefficient (Wildman–Crippen LogP) is 10.1. The summed E-state index contributed by atoms with van der Waals surface area (Å²) >= 11 is 0. The molecule has 0 bridgehead atoms. The van der Waals surface area contributed by atoms with Gasteiger partial charge in [-0.25, -0.2) is 9.59 Å². The summed E-state index contributed by atoms with van der Waals surface area (Å²) in [6, 6.07) is 23.7. The molecule has 0 unspecified atom stereocenters. The van der Waals surface area contributed by atoms with Gasteiger partial charge in [-0.3, -0.25) is 4.98 Å². The summed E-state index contributed by atoms with van der Waals surface area (Å²) in [6.45, 7) is 6.57. The molecule has 1 N–H and O–H groups in total. The molecule has 49 heavy (non-hydrogen) atoms. The minimum absolute atomic E-state index is 0.134. The van der Waals surface area contributed by atoms with E-state index >= 15 is 0 Å². The molecule has 1 fully saturated rings. The van der Waals surface area contributed by atoms with Crippen LogP contribution >= 0.6 is 0 Å². The lowest BCUT2D eigenvalue weighted by Gasteiger charge is -2.35. The molecule has 0 spiro atoms. The number of pyridine rings is 1. The second-order valence-electron chi connectivity index (χ2n) is 13.5. The fourth-order valence-corrected chi connectivity index (χ4v) is 6.03. The van der Waals surface area contributed by atoms with Crippen LogP contribution in [0.25, 0.3) is 11.1 Å². The van der Waals surface area contributed by atoms with E-state index in [1.807, 2.05) is 74.2 Å². The van der Waals surface area contributed by atoms with Crippen molar-refractivity contribution < 1.29 is 27.5 Å². The highest BCUT2D eigenvalue weighted by molar-refractivity contribution is 5.89. The minimum atomic E-state index is -4.47. The average molecular weight is 673 g/mol. The van der Waals surface area contributed by atoms with Gasteiger partial charge in [0.15, 0.2) is 0 Å². The molecule has 0 aliphatic heterocycles. The molecular weight excluding hydrogens is 629 g/mol. The number of hydrogen-bond acceptors (Lipinski definition) is 4. The molecule has 3 amide bonds. The van der Waals surface area contributed by atoms with Gasteiger partial charge < -0.3 is 19.9 Å². The zero-order chi connectivity index (χ0) is 35.0. The molecule has 4 aromatic rings. The number of ether oxygens (including phenoxy) is 1. The number of carbonyl (C=O) groups is 2. The topological polar surface area (TPSA) is 74.8 Å². The van der Waals surface area contributed by atoms with Gasteiger partial charge in [-0.2, -0.15) is 13.2 Å². The SMILES string of the molecule is CC(C)(C)OC(=O)N(Cc1cccc(-c2cccc(CN(Cc3cccnc3)C(=O)Nc3ccc(C(F)(F)F)cc3)c2)c1)C1CCCCC1. The van der Waals surface area contributed by atoms with Crippen LogP contribution in [-0.2, 0) is 30.5 Å². The lowest BCUT2D eigenvalue weighted by molar-refractivity contribution is -0.137. The van der Waals surface area contributed by atoms with E-state index in [1.165, 1.54) is 18.6 Å². The molecule has 1 heterocycles. The van der Waals surface area contributed by atoms with Crippen LogP contribution in [0.4, 0.5) is 28.4 Å². The number of amides is 3. The molecule has 258 valence electrons. The number of carbonyl (C=O) groups excluding carboxylic acids is 2. The summed E-state index contributed by atoms with van der Waals surface area (Å²) in [5.41, 5.74) is 3.47. The van der Waals surface area contributed by atoms with Crippen LogP contribution < -0.4 is 5.32 Å². The standard InChI is InChI=1S/C39H43F3N4O3/c1-38(2,3)49-37(48)46(35-15-5-4-6-16-35)27-29-11-8-14-32(23-29)31-13-7-10-28(22-31)25-45(26-30-12-9-21-43-24-30)36(47)44-34-19-17-33(18-20-34)39(40,41)42/h7-14,17-24,35H,4-6,15-16,25-27H2,1-3H3,(H,44,47). The Hall–Kier alpha value is -4.86. The quantitative estimate of drug-likeness (QED) is 0.192. The summed E-state index contributed by atoms with van der Waals surface area (Å²) in [5.74, 6) is 0. The van der Waals surface area contributed by atoms with Crippen molar-refractivity contribution in [2.75, 3.05) is 5.32 Å². The Bertz CT molecular complexity index is 1700. The maximum Gasteiger partial charge on any atom is 0.416 e. The molecule has 1 aromatic heterocycles. The number of halogens is 3. The zero-order valence-electron chi connectivity index (χ0n) is 28.2. The number of benzene rings is 3. The van der Waals surface area contributed by atoms with Crippen LogP contribution in [0.2, 0.25) is 0 Å². The summed E-state index contributed by atoms with van der Waals surface area (Å²) in [4.78, 5) is 34.5. The number of aromatic nitrogens is 1. The van der Waals surface area contributed by atoms with Crippen molar-refractivity contribution in [3.05, 3.63) is 120 Å². The largest absolute Gasteiger partial charge is 0.444 e. The third-order valence-corrected chi connectivity index (χ3v) is 8.40. The fraction of sp³-hybridized carbons (Fsp3) is 0.359. The second kappa shape index (κ2) is 15.6. The third-order valence-electron chi connectivity index (χ3n) is 8.40. The van der Waals surface area contributed by atoms with Crippen LogP contribution in [0, 0.1) is 0 Å². The van der Waals surface area contributed by atoms with Crippen LogP contribution in [0.15, 0.2) is 97.3 Å². The molecule has 1 aliphatic rings. The first-order chi connectivity index (χ1) is 23.3. The Kier molecular flexibility index (Phi) is 11.3. The van der Waals surface area contributed by atoms with Crippen molar-refractivity contribution in [1.82, 2.24) is 14.8 Å². The number of hydrogen-bond donors (Lipinski definition) is 1. The average Bonchev–Trinajstić information content (AvgIpc) is 3.07. The molecular formula is C39H43F3N4O3. The molecule has 1 saturated carbocycles. The van der Waals surface area contributed by atoms with Gasteiger partial charge in [0.05, 0.1) is 5.56 Å². The Morgan fingerprint density at radius 2 is 1.39 bits per heavy atom. The first-order valence-corrected chi connectivity index (χ1v) is 16.6. The first kappa shape index (κ1) is 35.4. The summed E-state index contributed by atoms with van der Waals surface area (Å²) < 4.78 is 45.0. The second-order valence-corrected chi connectivity index (χ2v) is 13.5. The number of anilines is 1. The van der Waals surface area contributed by atoms with Gasteiger partial charge in [0.1, 0.15) is 5.60 Å². The highest BCUT2D eigenvalue weighted by Gasteiger charge is 2.31. The summed E-state index contributed by atoms with van der Waals surface area (Å²) in [5, 5.41) is 2.74. The van der Waals surface area contributed by atoms with Crippen molar-refractivity contribution in [1.29, 1.82) is 0 Å². The van der Waals surface area contributed by atoms with E-state index in [1.54, 1.807) is 23.4 Å². The predicted molar refractivity (Wildman–Crippen MR) is 184 cm³/mol. The van der Waals surface area contributed by atoms with E-state index in [0.29, 0.717) is 6.54 Å². The molecule has 0 radical (unpaired) electrons. The lowest BCUT2D eigenvalue weighted by Crippen LogP contribution is -2.43. The van der Waals surface area contributed by atoms with Crippen LogP contribution in [0.3, 0.4) is 0 Å².